The number of fused-ring (bicyclic) bond motifs is 1. The summed E-state index contributed by atoms with van der Waals surface area (Å²) >= 11 is 1.93. The van der Waals surface area contributed by atoms with Gasteiger partial charge in [0.25, 0.3) is 0 Å². The van der Waals surface area contributed by atoms with E-state index in [0.717, 1.165) is 24.7 Å². The molecule has 1 atom stereocenters. The molecule has 0 spiro atoms. The largest absolute Gasteiger partial charge is 0.319 e. The number of nitrogens with two attached hydrogens (primary N) is 1. The summed E-state index contributed by atoms with van der Waals surface area (Å²) in [6.07, 6.45) is 9.88. The Balaban J connectivity index is 1.83. The first-order chi connectivity index (χ1) is 9.08. The van der Waals surface area contributed by atoms with Gasteiger partial charge in [-0.3, -0.25) is 0 Å². The van der Waals surface area contributed by atoms with E-state index in [4.69, 9.17) is 10.7 Å². The van der Waals surface area contributed by atoms with Gasteiger partial charge in [0.1, 0.15) is 5.01 Å². The molecule has 0 bridgehead atoms. The van der Waals surface area contributed by atoms with Gasteiger partial charge in [0.2, 0.25) is 0 Å². The maximum Gasteiger partial charge on any atom is 0.113 e. The number of aromatic nitrogens is 1. The monoisotopic (exact) mass is 278 g/mol. The van der Waals surface area contributed by atoms with E-state index in [1.807, 2.05) is 11.3 Å². The maximum atomic E-state index is 6.63. The van der Waals surface area contributed by atoms with Crippen molar-refractivity contribution in [2.24, 2.45) is 17.6 Å². The molecule has 2 aliphatic carbocycles. The van der Waals surface area contributed by atoms with Gasteiger partial charge in [0.15, 0.2) is 0 Å². The zero-order valence-corrected chi connectivity index (χ0v) is 13.1. The molecule has 19 heavy (non-hydrogen) atoms. The lowest BCUT2D eigenvalue weighted by atomic mass is 9.82. The first kappa shape index (κ1) is 13.6. The normalized spacial score (nSPS) is 26.4. The van der Waals surface area contributed by atoms with E-state index < -0.39 is 0 Å². The Kier molecular flexibility index (Phi) is 3.69. The van der Waals surface area contributed by atoms with E-state index in [2.05, 4.69) is 13.8 Å². The van der Waals surface area contributed by atoms with Crippen LogP contribution in [0.1, 0.15) is 68.0 Å². The fraction of sp³-hybridized carbons (Fsp3) is 0.812. The van der Waals surface area contributed by atoms with Crippen LogP contribution in [0.2, 0.25) is 0 Å². The number of nitrogens with zero attached hydrogens (tertiary/aromatic N) is 1. The molecule has 3 rings (SSSR count). The topological polar surface area (TPSA) is 38.9 Å². The van der Waals surface area contributed by atoms with Gasteiger partial charge in [-0.2, -0.15) is 0 Å². The Morgan fingerprint density at radius 2 is 2.00 bits per heavy atom. The molecule has 106 valence electrons. The van der Waals surface area contributed by atoms with Crippen molar-refractivity contribution < 1.29 is 0 Å². The third-order valence-corrected chi connectivity index (χ3v) is 6.43. The Bertz CT molecular complexity index is 444. The zero-order chi connectivity index (χ0) is 13.5. The molecule has 0 amide bonds. The molecule has 1 heterocycles. The Morgan fingerprint density at radius 3 is 2.68 bits per heavy atom. The number of thiazole rings is 1. The molecule has 2 aliphatic rings. The number of aryl methyl sites for hydroxylation is 1. The molecular weight excluding hydrogens is 252 g/mol. The SMILES string of the molecule is CC(C)C1CCc2nc(C3(N)CCCCC3)sc2C1. The highest BCUT2D eigenvalue weighted by atomic mass is 32.1. The van der Waals surface area contributed by atoms with E-state index in [9.17, 15) is 0 Å². The van der Waals surface area contributed by atoms with Crippen LogP contribution < -0.4 is 5.73 Å². The van der Waals surface area contributed by atoms with Gasteiger partial charge in [-0.25, -0.2) is 4.98 Å². The van der Waals surface area contributed by atoms with Crippen molar-refractivity contribution in [2.45, 2.75) is 70.8 Å². The molecule has 1 unspecified atom stereocenters. The Morgan fingerprint density at radius 1 is 1.26 bits per heavy atom. The fourth-order valence-corrected chi connectivity index (χ4v) is 4.94. The summed E-state index contributed by atoms with van der Waals surface area (Å²) in [6, 6.07) is 0. The predicted octanol–water partition coefficient (Wildman–Crippen LogP) is 4.02. The van der Waals surface area contributed by atoms with Crippen LogP contribution in [0.15, 0.2) is 0 Å². The van der Waals surface area contributed by atoms with Crippen LogP contribution in [0.25, 0.3) is 0 Å². The highest BCUT2D eigenvalue weighted by Crippen LogP contribution is 2.40. The smallest absolute Gasteiger partial charge is 0.113 e. The van der Waals surface area contributed by atoms with Crippen LogP contribution in [0.4, 0.5) is 0 Å². The quantitative estimate of drug-likeness (QED) is 0.887. The lowest BCUT2D eigenvalue weighted by Crippen LogP contribution is -2.38. The van der Waals surface area contributed by atoms with E-state index in [-0.39, 0.29) is 5.54 Å². The highest BCUT2D eigenvalue weighted by Gasteiger charge is 2.34. The minimum Gasteiger partial charge on any atom is -0.319 e. The van der Waals surface area contributed by atoms with E-state index in [1.54, 1.807) is 0 Å². The van der Waals surface area contributed by atoms with Crippen LogP contribution in [0, 0.1) is 11.8 Å². The summed E-state index contributed by atoms with van der Waals surface area (Å²) in [5, 5.41) is 1.24. The summed E-state index contributed by atoms with van der Waals surface area (Å²) in [7, 11) is 0. The van der Waals surface area contributed by atoms with E-state index >= 15 is 0 Å². The first-order valence-corrected chi connectivity index (χ1v) is 8.68. The highest BCUT2D eigenvalue weighted by molar-refractivity contribution is 7.11. The Labute approximate surface area is 120 Å². The van der Waals surface area contributed by atoms with Gasteiger partial charge < -0.3 is 5.73 Å². The molecule has 2 nitrogen and oxygen atoms in total. The van der Waals surface area contributed by atoms with Crippen LogP contribution in [-0.4, -0.2) is 4.98 Å². The molecule has 0 radical (unpaired) electrons. The lowest BCUT2D eigenvalue weighted by molar-refractivity contribution is 0.300. The molecule has 0 saturated heterocycles. The molecule has 0 aromatic carbocycles. The number of hydrogen-bond donors (Lipinski definition) is 1. The zero-order valence-electron chi connectivity index (χ0n) is 12.2. The van der Waals surface area contributed by atoms with Crippen LogP contribution in [0.5, 0.6) is 0 Å². The van der Waals surface area contributed by atoms with Crippen molar-refractivity contribution in [3.8, 4) is 0 Å². The standard InChI is InChI=1S/C16H26N2S/c1-11(2)12-6-7-13-14(10-12)19-15(18-13)16(17)8-4-3-5-9-16/h11-12H,3-10,17H2,1-2H3. The third kappa shape index (κ3) is 2.59. The van der Waals surface area contributed by atoms with Crippen LogP contribution >= 0.6 is 11.3 Å². The molecule has 1 aromatic rings. The first-order valence-electron chi connectivity index (χ1n) is 7.86. The van der Waals surface area contributed by atoms with Gasteiger partial charge >= 0.3 is 0 Å². The second kappa shape index (κ2) is 5.17. The lowest BCUT2D eigenvalue weighted by Gasteiger charge is -2.31. The molecule has 2 N–H and O–H groups in total. The van der Waals surface area contributed by atoms with Crippen molar-refractivity contribution in [3.05, 3.63) is 15.6 Å². The van der Waals surface area contributed by atoms with Gasteiger partial charge in [0, 0.05) is 4.88 Å². The van der Waals surface area contributed by atoms with E-state index in [0.29, 0.717) is 0 Å². The van der Waals surface area contributed by atoms with Gasteiger partial charge in [0.05, 0.1) is 11.2 Å². The summed E-state index contributed by atoms with van der Waals surface area (Å²) in [5.74, 6) is 1.64. The van der Waals surface area contributed by atoms with Crippen LogP contribution in [-0.2, 0) is 18.4 Å². The molecule has 1 saturated carbocycles. The van der Waals surface area contributed by atoms with Gasteiger partial charge in [-0.15, -0.1) is 11.3 Å². The molecule has 1 fully saturated rings. The number of hydrogen-bond acceptors (Lipinski definition) is 3. The fourth-order valence-electron chi connectivity index (χ4n) is 3.58. The minimum atomic E-state index is -0.104. The second-order valence-corrected chi connectivity index (χ2v) is 7.94. The summed E-state index contributed by atoms with van der Waals surface area (Å²) in [4.78, 5) is 6.47. The molecule has 1 aromatic heterocycles. The summed E-state index contributed by atoms with van der Waals surface area (Å²) in [5.41, 5.74) is 7.90. The van der Waals surface area contributed by atoms with E-state index in [1.165, 1.54) is 54.1 Å². The molecular formula is C16H26N2S. The van der Waals surface area contributed by atoms with Crippen LogP contribution in [0.3, 0.4) is 0 Å². The number of rotatable bonds is 2. The Hall–Kier alpha value is -0.410. The van der Waals surface area contributed by atoms with Crippen molar-refractivity contribution in [2.75, 3.05) is 0 Å². The van der Waals surface area contributed by atoms with Crippen molar-refractivity contribution in [3.63, 3.8) is 0 Å². The summed E-state index contributed by atoms with van der Waals surface area (Å²) < 4.78 is 0. The maximum absolute atomic E-state index is 6.63. The van der Waals surface area contributed by atoms with Gasteiger partial charge in [-0.1, -0.05) is 33.1 Å². The van der Waals surface area contributed by atoms with Crippen molar-refractivity contribution in [1.82, 2.24) is 4.98 Å². The van der Waals surface area contributed by atoms with Crippen molar-refractivity contribution >= 4 is 11.3 Å². The van der Waals surface area contributed by atoms with Crippen molar-refractivity contribution in [1.29, 1.82) is 0 Å². The molecule has 0 aliphatic heterocycles. The molecule has 3 heteroatoms. The average molecular weight is 278 g/mol. The predicted molar refractivity (Wildman–Crippen MR) is 81.4 cm³/mol. The second-order valence-electron chi connectivity index (χ2n) is 6.85. The minimum absolute atomic E-state index is 0.104. The summed E-state index contributed by atoms with van der Waals surface area (Å²) in [6.45, 7) is 4.70. The third-order valence-electron chi connectivity index (χ3n) is 5.09. The average Bonchev–Trinajstić information content (AvgIpc) is 2.83. The van der Waals surface area contributed by atoms with Gasteiger partial charge in [-0.05, 0) is 43.9 Å².